The lowest BCUT2D eigenvalue weighted by atomic mass is 9.98. The zero-order chi connectivity index (χ0) is 102. The lowest BCUT2D eigenvalue weighted by Crippen LogP contribution is -2.50. The Bertz CT molecular complexity index is 7600. The summed E-state index contributed by atoms with van der Waals surface area (Å²) in [5, 5.41) is 26.6. The summed E-state index contributed by atoms with van der Waals surface area (Å²) in [6, 6.07) is 36.7. The Morgan fingerprint density at radius 2 is 0.727 bits per heavy atom. The number of hydrogen-bond acceptors (Lipinski definition) is 25. The van der Waals surface area contributed by atoms with E-state index < -0.39 is 40.1 Å². The van der Waals surface area contributed by atoms with Crippen molar-refractivity contribution in [2.24, 2.45) is 13.0 Å². The number of pyridine rings is 4. The van der Waals surface area contributed by atoms with Crippen LogP contribution in [0, 0.1) is 5.92 Å². The van der Waals surface area contributed by atoms with Gasteiger partial charge in [0.25, 0.3) is 11.8 Å². The average molecular weight is 2190 g/mol. The predicted molar refractivity (Wildman–Crippen MR) is 558 cm³/mol. The lowest BCUT2D eigenvalue weighted by Gasteiger charge is -2.37. The number of fused-ring (bicyclic) bond motifs is 4. The number of sulfonamides is 4. The van der Waals surface area contributed by atoms with E-state index in [1.165, 1.54) is 46.4 Å². The summed E-state index contributed by atoms with van der Waals surface area (Å²) in [7, 11) is -8.93. The predicted octanol–water partition coefficient (Wildman–Crippen LogP) is 13.8. The molecule has 143 heavy (non-hydrogen) atoms. The highest BCUT2D eigenvalue weighted by molar-refractivity contribution is 7.92. The van der Waals surface area contributed by atoms with Gasteiger partial charge in [-0.25, -0.2) is 53.6 Å². The molecule has 0 atom stereocenters. The lowest BCUT2D eigenvalue weighted by molar-refractivity contribution is -0.140. The van der Waals surface area contributed by atoms with Gasteiger partial charge in [0, 0.05) is 244 Å². The molecule has 5 fully saturated rings. The number of imidazole rings is 4. The van der Waals surface area contributed by atoms with Crippen molar-refractivity contribution >= 4 is 196 Å². The first kappa shape index (κ1) is 105. The summed E-state index contributed by atoms with van der Waals surface area (Å²) in [6.07, 6.45) is 19.4. The molecular weight excluding hydrogens is 2090 g/mol. The smallest absolute Gasteiger partial charge is 0.257 e. The summed E-state index contributed by atoms with van der Waals surface area (Å²) in [5.41, 5.74) is 14.9. The molecule has 0 saturated carbocycles. The van der Waals surface area contributed by atoms with Crippen molar-refractivity contribution < 1.29 is 58.0 Å². The maximum Gasteiger partial charge on any atom is 0.257 e. The van der Waals surface area contributed by atoms with Gasteiger partial charge in [0.15, 0.2) is 0 Å². The van der Waals surface area contributed by atoms with E-state index in [0.29, 0.717) is 250 Å². The van der Waals surface area contributed by atoms with Gasteiger partial charge < -0.3 is 24.6 Å². The first-order valence-electron chi connectivity index (χ1n) is 45.2. The highest BCUT2D eigenvalue weighted by Gasteiger charge is 2.34. The number of nitrogens with zero attached hydrogens (tertiary/aromatic N) is 22. The number of benzene rings is 4. The minimum atomic E-state index is -3.45. The summed E-state index contributed by atoms with van der Waals surface area (Å²) >= 11 is 50.7. The second kappa shape index (κ2) is 44.8. The van der Waals surface area contributed by atoms with Gasteiger partial charge in [-0.3, -0.25) is 74.3 Å². The number of aromatic nitrogens is 12. The molecule has 0 bridgehead atoms. The van der Waals surface area contributed by atoms with E-state index in [4.69, 9.17) is 117 Å². The third-order valence-corrected chi connectivity index (χ3v) is 30.9. The van der Waals surface area contributed by atoms with Crippen LogP contribution in [0.2, 0.25) is 40.2 Å². The van der Waals surface area contributed by atoms with Gasteiger partial charge >= 0.3 is 0 Å². The van der Waals surface area contributed by atoms with Crippen molar-refractivity contribution in [1.29, 1.82) is 0 Å². The number of piperazine rings is 4. The van der Waals surface area contributed by atoms with Crippen LogP contribution < -0.4 is 18.1 Å². The monoisotopic (exact) mass is 2180 g/mol. The Morgan fingerprint density at radius 1 is 0.399 bits per heavy atom. The number of carbonyl (C=O) groups excluding carboxylic acids is 3. The van der Waals surface area contributed by atoms with Crippen LogP contribution in [0.3, 0.4) is 0 Å². The second-order valence-corrected chi connectivity index (χ2v) is 46.1. The van der Waals surface area contributed by atoms with Gasteiger partial charge in [-0.1, -0.05) is 92.8 Å². The maximum absolute atomic E-state index is 13.0. The molecule has 3 amide bonds. The number of aryl methyl sites for hydroxylation is 1. The van der Waals surface area contributed by atoms with Gasteiger partial charge in [0.2, 0.25) is 46.0 Å². The molecule has 19 rings (SSSR count). The van der Waals surface area contributed by atoms with Gasteiger partial charge in [0.05, 0.1) is 143 Å². The van der Waals surface area contributed by atoms with E-state index in [2.05, 4.69) is 44.3 Å². The molecule has 756 valence electrons. The van der Waals surface area contributed by atoms with Crippen LogP contribution in [0.1, 0.15) is 56.3 Å². The highest BCUT2D eigenvalue weighted by atomic mass is 35.5. The van der Waals surface area contributed by atoms with E-state index in [1.807, 2.05) is 51.7 Å². The van der Waals surface area contributed by atoms with E-state index in [0.717, 1.165) is 89.7 Å². The zero-order valence-corrected chi connectivity index (χ0v) is 87.9. The minimum absolute atomic E-state index is 0.0346. The topological polar surface area (TPSA) is 386 Å². The third-order valence-electron chi connectivity index (χ3n) is 25.1. The highest BCUT2D eigenvalue weighted by Crippen LogP contribution is 2.41. The van der Waals surface area contributed by atoms with Crippen molar-refractivity contribution in [2.45, 2.75) is 39.0 Å². The molecule has 15 heterocycles. The maximum atomic E-state index is 13.0. The van der Waals surface area contributed by atoms with E-state index in [-0.39, 0.29) is 23.6 Å². The Kier molecular flexibility index (Phi) is 32.9. The fraction of sp³-hybridized carbons (Fsp3) is 0.340. The van der Waals surface area contributed by atoms with E-state index >= 15 is 0 Å². The number of rotatable bonds is 23. The third kappa shape index (κ3) is 25.7. The Balaban J connectivity index is 0.000000137. The van der Waals surface area contributed by atoms with Crippen LogP contribution in [0.5, 0.6) is 0 Å². The van der Waals surface area contributed by atoms with E-state index in [1.54, 1.807) is 157 Å². The molecule has 5 saturated heterocycles. The Morgan fingerprint density at radius 3 is 1.04 bits per heavy atom. The second-order valence-electron chi connectivity index (χ2n) is 35.2. The molecule has 14 aromatic rings. The van der Waals surface area contributed by atoms with Gasteiger partial charge in [0.1, 0.15) is 22.6 Å². The van der Waals surface area contributed by atoms with Crippen LogP contribution in [0.25, 0.3) is 67.6 Å². The van der Waals surface area contributed by atoms with Crippen molar-refractivity contribution in [3.8, 4) is 45.0 Å². The van der Waals surface area contributed by atoms with E-state index in [9.17, 15) is 53.3 Å². The summed E-state index contributed by atoms with van der Waals surface area (Å²) in [4.78, 5) is 72.5. The minimum Gasteiger partial charge on any atom is -0.381 e. The van der Waals surface area contributed by atoms with Crippen molar-refractivity contribution in [3.63, 3.8) is 0 Å². The first-order chi connectivity index (χ1) is 68.0. The number of halogens is 8. The molecule has 4 aromatic carbocycles. The number of hydrogen-bond donors (Lipinski definition) is 3. The first-order valence-corrected chi connectivity index (χ1v) is 55.7. The van der Waals surface area contributed by atoms with Gasteiger partial charge in [-0.15, -0.1) is 0 Å². The van der Waals surface area contributed by atoms with Gasteiger partial charge in [-0.2, -0.15) is 20.4 Å². The molecule has 0 unspecified atom stereocenters. The fourth-order valence-electron chi connectivity index (χ4n) is 17.5. The zero-order valence-electron chi connectivity index (χ0n) is 78.6. The number of carbonyl (C=O) groups is 3. The number of nitrogens with one attached hydrogen (secondary N) is 2. The standard InChI is InChI=1S/C26H31Cl2N5O4S.C25H25Cl2N7O3S.C24H25Cl2N7O3S.C19H21Cl2N5O3S/c1-30(38(2,35)36)20-4-6-24-29-25(21-5-3-19(27)15-22(21)28)23(33(24)16-20)17-31-9-11-32(12-10-31)26(34)18-7-13-37-14-8-18;1-31(38(2,36)37)19-4-6-23-30-24(20-5-3-18(26)13-21(20)27)22(34(23)15-19)16-32-9-11-33(12-10-32)25(35)17-7-8-28-29-14-17;1-30-13-16(12-27-30)24(34)32-9-7-31(8-10-32)15-21-23(19-5-3-17(25)11-20(19)26)28-22-6-4-18(14-33(21)22)29-37(2,35)36;1-30(28,29)23-14-3-5-18-22-19(15-4-2-13(20)10-16(15)21)17(26(18)11-14)12-24-6-8-25(27)9-7-24/h3-6,15-16,18H,7-14,17H2,1-2H3;3-8,13-15H,9-12,16H2,1-2H3;3-6,11-14,29H,7-10,15H2,1-2H3;2-5,10-11,23,27H,6-9,12H2,1H3. The van der Waals surface area contributed by atoms with Crippen LogP contribution in [-0.2, 0) is 82.9 Å². The van der Waals surface area contributed by atoms with Crippen LogP contribution >= 0.6 is 92.8 Å². The SMILES string of the molecule is CN(c1ccc2nc(-c3ccc(Cl)cc3Cl)c(CN3CCN(C(=O)C4CCOCC4)CC3)n2c1)S(C)(=O)=O.CN(c1ccc2nc(-c3ccc(Cl)cc3Cl)c(CN3CCN(C(=O)c4ccnnc4)CC3)n2c1)S(C)(=O)=O.CS(=O)(=O)Nc1ccc2nc(-c3ccc(Cl)cc3Cl)c(CN3CCN(O)CC3)n2c1.Cn1cc(C(=O)N2CCN(Cc3c(-c4ccc(Cl)cc4Cl)nc4ccc(NS(C)(=O)=O)cn34)CC2)cn1. The Labute approximate surface area is 867 Å². The number of hydroxylamine groups is 2. The molecule has 3 N–H and O–H groups in total. The average Bonchev–Trinajstić information content (AvgIpc) is 1.62. The van der Waals surface area contributed by atoms with Crippen LogP contribution in [0.4, 0.5) is 22.7 Å². The largest absolute Gasteiger partial charge is 0.381 e. The normalized spacial score (nSPS) is 15.9. The summed E-state index contributed by atoms with van der Waals surface area (Å²) in [6.45, 7) is 13.6. The number of anilines is 4. The molecule has 49 heteroatoms. The Hall–Kier alpha value is -10.6. The van der Waals surface area contributed by atoms with Crippen molar-refractivity contribution in [1.82, 2.24) is 96.9 Å². The van der Waals surface area contributed by atoms with Crippen LogP contribution in [0.15, 0.2) is 177 Å². The van der Waals surface area contributed by atoms with Crippen molar-refractivity contribution in [2.75, 3.05) is 175 Å². The molecule has 0 aliphatic carbocycles. The summed E-state index contributed by atoms with van der Waals surface area (Å²) < 4.78 is 118. The molecular formula is C94H102Cl8N24O13S4. The quantitative estimate of drug-likeness (QED) is 0.0535. The molecule has 5 aliphatic heterocycles. The van der Waals surface area contributed by atoms with Crippen molar-refractivity contribution in [3.05, 3.63) is 251 Å². The summed E-state index contributed by atoms with van der Waals surface area (Å²) in [5.74, 6) is 0.173. The number of ether oxygens (including phenoxy) is 1. The van der Waals surface area contributed by atoms with Crippen LogP contribution in [-0.4, -0.2) is 311 Å². The molecule has 5 aliphatic rings. The fourth-order valence-corrected chi connectivity index (χ4v) is 21.5. The molecule has 10 aromatic heterocycles. The van der Waals surface area contributed by atoms with Gasteiger partial charge in [-0.05, 0) is 140 Å². The number of amides is 3. The molecule has 0 spiro atoms. The molecule has 0 radical (unpaired) electrons. The molecule has 37 nitrogen and oxygen atoms in total.